The molecule has 5 rings (SSSR count). The zero-order valence-electron chi connectivity index (χ0n) is 25.2. The van der Waals surface area contributed by atoms with E-state index in [0.717, 1.165) is 83.9 Å². The first kappa shape index (κ1) is 31.1. The van der Waals surface area contributed by atoms with Crippen LogP contribution in [-0.2, 0) is 19.6 Å². The number of Topliss-reactive ketones (excluding diaryl/α,β-unsaturated/α-hetero) is 1. The van der Waals surface area contributed by atoms with Crippen LogP contribution in [0.1, 0.15) is 71.6 Å². The zero-order valence-corrected chi connectivity index (χ0v) is 26.0. The summed E-state index contributed by atoms with van der Waals surface area (Å²) in [5, 5.41) is 6.94. The summed E-state index contributed by atoms with van der Waals surface area (Å²) in [6.45, 7) is 8.94. The standard InChI is InChI=1S/C35H42N2O5S/c1-3-16-39-20-21-41-18-8-4-7-17-40-19-15-36-34(43)37-26-12-14-28-27(23-26)31(38)24-35(28)29-9-5-6-10-32(29)42-33-22-25(2)11-13-30(33)35/h5-6,9-14,22-23H,3-4,7-8,15-21,24H2,1-2H3,(H2,36,37,43). The summed E-state index contributed by atoms with van der Waals surface area (Å²) in [7, 11) is 0. The molecule has 3 aromatic rings. The van der Waals surface area contributed by atoms with Crippen LogP contribution in [0.5, 0.6) is 11.5 Å². The van der Waals surface area contributed by atoms with E-state index in [2.05, 4.69) is 54.8 Å². The lowest BCUT2D eigenvalue weighted by atomic mass is 9.68. The molecule has 0 amide bonds. The summed E-state index contributed by atoms with van der Waals surface area (Å²) in [5.74, 6) is 1.72. The van der Waals surface area contributed by atoms with Gasteiger partial charge in [0, 0.05) is 55.2 Å². The SMILES string of the molecule is CCCOCCOCCCCCOCCNC(=S)Nc1ccc2c(c1)C(=O)CC21c2ccccc2Oc2cc(C)ccc21. The Hall–Kier alpha value is -3.30. The molecule has 0 aromatic heterocycles. The van der Waals surface area contributed by atoms with Crippen LogP contribution in [0.3, 0.4) is 0 Å². The van der Waals surface area contributed by atoms with Crippen molar-refractivity contribution in [3.8, 4) is 11.5 Å². The van der Waals surface area contributed by atoms with Crippen molar-refractivity contribution in [3.05, 3.63) is 88.5 Å². The van der Waals surface area contributed by atoms with Gasteiger partial charge in [-0.25, -0.2) is 0 Å². The number of ether oxygens (including phenoxy) is 4. The Morgan fingerprint density at radius 2 is 1.56 bits per heavy atom. The van der Waals surface area contributed by atoms with Crippen molar-refractivity contribution in [1.82, 2.24) is 5.32 Å². The van der Waals surface area contributed by atoms with Crippen LogP contribution in [0.15, 0.2) is 60.7 Å². The molecular weight excluding hydrogens is 560 g/mol. The van der Waals surface area contributed by atoms with E-state index in [1.807, 2.05) is 30.3 Å². The van der Waals surface area contributed by atoms with Crippen LogP contribution < -0.4 is 15.4 Å². The van der Waals surface area contributed by atoms with Gasteiger partial charge in [-0.1, -0.05) is 43.3 Å². The smallest absolute Gasteiger partial charge is 0.170 e. The van der Waals surface area contributed by atoms with Crippen molar-refractivity contribution in [2.75, 3.05) is 51.5 Å². The Morgan fingerprint density at radius 3 is 2.37 bits per heavy atom. The lowest BCUT2D eigenvalue weighted by Gasteiger charge is -2.38. The molecule has 0 saturated carbocycles. The summed E-state index contributed by atoms with van der Waals surface area (Å²) in [5.41, 5.74) is 5.11. The number of aryl methyl sites for hydroxylation is 1. The third-order valence-corrected chi connectivity index (χ3v) is 8.20. The molecule has 43 heavy (non-hydrogen) atoms. The van der Waals surface area contributed by atoms with Crippen LogP contribution in [0, 0.1) is 6.92 Å². The fraction of sp³-hybridized carbons (Fsp3) is 0.429. The van der Waals surface area contributed by atoms with Crippen LogP contribution in [0.2, 0.25) is 0 Å². The Bertz CT molecular complexity index is 1430. The second-order valence-electron chi connectivity index (χ2n) is 11.1. The average Bonchev–Trinajstić information content (AvgIpc) is 3.29. The molecule has 1 unspecified atom stereocenters. The van der Waals surface area contributed by atoms with Gasteiger partial charge in [0.2, 0.25) is 0 Å². The monoisotopic (exact) mass is 602 g/mol. The predicted molar refractivity (Wildman–Crippen MR) is 174 cm³/mol. The van der Waals surface area contributed by atoms with Gasteiger partial charge < -0.3 is 29.6 Å². The van der Waals surface area contributed by atoms with Crippen LogP contribution in [0.4, 0.5) is 5.69 Å². The second-order valence-corrected chi connectivity index (χ2v) is 11.6. The van der Waals surface area contributed by atoms with Gasteiger partial charge in [-0.05, 0) is 80.2 Å². The number of carbonyl (C=O) groups is 1. The van der Waals surface area contributed by atoms with Crippen molar-refractivity contribution in [3.63, 3.8) is 0 Å². The second kappa shape index (κ2) is 14.9. The third kappa shape index (κ3) is 7.27. The molecule has 2 N–H and O–H groups in total. The van der Waals surface area contributed by atoms with Gasteiger partial charge in [0.1, 0.15) is 11.5 Å². The number of para-hydroxylation sites is 1. The number of fused-ring (bicyclic) bond motifs is 6. The maximum absolute atomic E-state index is 13.5. The Morgan fingerprint density at radius 1 is 0.837 bits per heavy atom. The number of rotatable bonds is 15. The zero-order chi connectivity index (χ0) is 30.1. The molecule has 0 bridgehead atoms. The number of ketones is 1. The lowest BCUT2D eigenvalue weighted by Crippen LogP contribution is -2.31. The summed E-state index contributed by atoms with van der Waals surface area (Å²) >= 11 is 5.52. The van der Waals surface area contributed by atoms with Crippen molar-refractivity contribution < 1.29 is 23.7 Å². The fourth-order valence-corrected chi connectivity index (χ4v) is 6.16. The molecule has 0 saturated heterocycles. The Labute approximate surface area is 260 Å². The van der Waals surface area contributed by atoms with Crippen molar-refractivity contribution in [2.24, 2.45) is 0 Å². The Balaban J connectivity index is 1.10. The minimum absolute atomic E-state index is 0.113. The number of benzene rings is 3. The van der Waals surface area contributed by atoms with Crippen LogP contribution in [0.25, 0.3) is 0 Å². The van der Waals surface area contributed by atoms with Gasteiger partial charge in [-0.15, -0.1) is 0 Å². The molecule has 0 fully saturated rings. The third-order valence-electron chi connectivity index (χ3n) is 7.96. The molecular formula is C35H42N2O5S. The van der Waals surface area contributed by atoms with E-state index in [-0.39, 0.29) is 5.78 Å². The summed E-state index contributed by atoms with van der Waals surface area (Å²) in [4.78, 5) is 13.5. The molecule has 8 heteroatoms. The van der Waals surface area contributed by atoms with E-state index < -0.39 is 5.41 Å². The lowest BCUT2D eigenvalue weighted by molar-refractivity contribution is 0.0457. The largest absolute Gasteiger partial charge is 0.457 e. The number of anilines is 1. The fourth-order valence-electron chi connectivity index (χ4n) is 5.94. The molecule has 3 aromatic carbocycles. The van der Waals surface area contributed by atoms with Gasteiger partial charge in [0.05, 0.1) is 25.2 Å². The summed E-state index contributed by atoms with van der Waals surface area (Å²) < 4.78 is 23.0. The molecule has 1 atom stereocenters. The maximum Gasteiger partial charge on any atom is 0.170 e. The molecule has 1 aliphatic carbocycles. The van der Waals surface area contributed by atoms with E-state index in [9.17, 15) is 4.79 Å². The first-order valence-electron chi connectivity index (χ1n) is 15.4. The van der Waals surface area contributed by atoms with E-state index in [0.29, 0.717) is 44.5 Å². The normalized spacial score (nSPS) is 16.4. The Kier molecular flexibility index (Phi) is 10.8. The number of unbranched alkanes of at least 4 members (excludes halogenated alkanes) is 2. The van der Waals surface area contributed by atoms with Crippen LogP contribution in [-0.4, -0.2) is 57.1 Å². The molecule has 1 aliphatic heterocycles. The van der Waals surface area contributed by atoms with E-state index in [1.165, 1.54) is 0 Å². The number of thiocarbonyl (C=S) groups is 1. The first-order valence-corrected chi connectivity index (χ1v) is 15.8. The molecule has 2 aliphatic rings. The minimum Gasteiger partial charge on any atom is -0.457 e. The topological polar surface area (TPSA) is 78.0 Å². The number of nitrogens with one attached hydrogen (secondary N) is 2. The predicted octanol–water partition coefficient (Wildman–Crippen LogP) is 6.94. The first-order chi connectivity index (χ1) is 21.0. The van der Waals surface area contributed by atoms with E-state index in [4.69, 9.17) is 31.2 Å². The maximum atomic E-state index is 13.5. The summed E-state index contributed by atoms with van der Waals surface area (Å²) in [6.07, 6.45) is 4.51. The highest BCUT2D eigenvalue weighted by Crippen LogP contribution is 2.57. The van der Waals surface area contributed by atoms with Gasteiger partial charge in [-0.3, -0.25) is 4.79 Å². The van der Waals surface area contributed by atoms with Crippen molar-refractivity contribution in [2.45, 2.75) is 51.4 Å². The van der Waals surface area contributed by atoms with E-state index >= 15 is 0 Å². The highest BCUT2D eigenvalue weighted by molar-refractivity contribution is 7.80. The average molecular weight is 603 g/mol. The van der Waals surface area contributed by atoms with Crippen LogP contribution >= 0.6 is 12.2 Å². The number of hydrogen-bond donors (Lipinski definition) is 2. The van der Waals surface area contributed by atoms with Gasteiger partial charge in [-0.2, -0.15) is 0 Å². The molecule has 0 radical (unpaired) electrons. The quantitative estimate of drug-likeness (QED) is 0.143. The van der Waals surface area contributed by atoms with Gasteiger partial charge in [0.25, 0.3) is 0 Å². The number of hydrogen-bond acceptors (Lipinski definition) is 6. The number of carbonyl (C=O) groups excluding carboxylic acids is 1. The molecule has 1 spiro atoms. The molecule has 1 heterocycles. The highest BCUT2D eigenvalue weighted by Gasteiger charge is 2.50. The van der Waals surface area contributed by atoms with Gasteiger partial charge >= 0.3 is 0 Å². The van der Waals surface area contributed by atoms with Gasteiger partial charge in [0.15, 0.2) is 10.9 Å². The highest BCUT2D eigenvalue weighted by atomic mass is 32.1. The molecule has 228 valence electrons. The van der Waals surface area contributed by atoms with Crippen molar-refractivity contribution in [1.29, 1.82) is 0 Å². The molecule has 7 nitrogen and oxygen atoms in total. The summed E-state index contributed by atoms with van der Waals surface area (Å²) in [6, 6.07) is 20.3. The van der Waals surface area contributed by atoms with E-state index in [1.54, 1.807) is 0 Å². The minimum atomic E-state index is -0.574. The van der Waals surface area contributed by atoms with Crippen molar-refractivity contribution >= 4 is 28.8 Å².